The maximum absolute atomic E-state index is 12.3. The molecule has 5 heteroatoms. The number of hydrogen-bond acceptors (Lipinski definition) is 3. The van der Waals surface area contributed by atoms with Crippen LogP contribution < -0.4 is 10.6 Å². The zero-order valence-corrected chi connectivity index (χ0v) is 11.6. The minimum Gasteiger partial charge on any atom is -0.326 e. The van der Waals surface area contributed by atoms with E-state index >= 15 is 0 Å². The molecule has 1 aliphatic heterocycles. The van der Waals surface area contributed by atoms with Crippen LogP contribution in [0.25, 0.3) is 0 Å². The average molecular weight is 281 g/mol. The summed E-state index contributed by atoms with van der Waals surface area (Å²) in [4.78, 5) is 27.8. The van der Waals surface area contributed by atoms with Crippen LogP contribution in [0.3, 0.4) is 0 Å². The molecule has 1 aliphatic rings. The Kier molecular flexibility index (Phi) is 3.39. The van der Waals surface area contributed by atoms with Gasteiger partial charge in [0.2, 0.25) is 5.91 Å². The molecule has 0 aliphatic carbocycles. The van der Waals surface area contributed by atoms with E-state index in [1.165, 1.54) is 0 Å². The fourth-order valence-electron chi connectivity index (χ4n) is 2.34. The summed E-state index contributed by atoms with van der Waals surface area (Å²) in [6, 6.07) is 8.92. The van der Waals surface area contributed by atoms with Crippen molar-refractivity contribution in [3.05, 3.63) is 53.3 Å². The lowest BCUT2D eigenvalue weighted by Crippen LogP contribution is -2.20. The Morgan fingerprint density at radius 2 is 2.14 bits per heavy atom. The number of carbonyl (C=O) groups excluding carboxylic acids is 2. The summed E-state index contributed by atoms with van der Waals surface area (Å²) in [5.41, 5.74) is 3.84. The first-order valence-electron chi connectivity index (χ1n) is 6.79. The first kappa shape index (κ1) is 13.3. The Balaban J connectivity index is 1.83. The van der Waals surface area contributed by atoms with Crippen LogP contribution in [0.2, 0.25) is 0 Å². The highest BCUT2D eigenvalue weighted by Crippen LogP contribution is 2.24. The fraction of sp³-hybridized carbons (Fsp3) is 0.188. The minimum atomic E-state index is -0.175. The zero-order valence-electron chi connectivity index (χ0n) is 11.6. The summed E-state index contributed by atoms with van der Waals surface area (Å²) in [5, 5.41) is 5.66. The van der Waals surface area contributed by atoms with Crippen molar-refractivity contribution in [1.82, 2.24) is 4.98 Å². The van der Waals surface area contributed by atoms with Gasteiger partial charge in [-0.05, 0) is 49.2 Å². The molecule has 2 N–H and O–H groups in total. The number of fused-ring (bicyclic) bond motifs is 1. The van der Waals surface area contributed by atoms with Crippen LogP contribution in [0.15, 0.2) is 36.5 Å². The smallest absolute Gasteiger partial charge is 0.255 e. The van der Waals surface area contributed by atoms with Crippen LogP contribution >= 0.6 is 0 Å². The van der Waals surface area contributed by atoms with E-state index in [4.69, 9.17) is 0 Å². The van der Waals surface area contributed by atoms with Crippen molar-refractivity contribution >= 4 is 23.2 Å². The molecule has 21 heavy (non-hydrogen) atoms. The molecule has 0 spiro atoms. The highest BCUT2D eigenvalue weighted by molar-refractivity contribution is 6.05. The van der Waals surface area contributed by atoms with Gasteiger partial charge in [0.1, 0.15) is 0 Å². The van der Waals surface area contributed by atoms with E-state index in [0.29, 0.717) is 24.1 Å². The number of amides is 2. The number of benzene rings is 1. The standard InChI is InChI=1S/C16H15N3O2/c1-10-13(3-2-8-17-10)19-16(21)12-4-6-14-11(9-12)5-7-15(20)18-14/h2-4,6,8-9H,5,7H2,1H3,(H,18,20)(H,19,21). The molecule has 3 rings (SSSR count). The van der Waals surface area contributed by atoms with Gasteiger partial charge in [0.05, 0.1) is 11.4 Å². The maximum Gasteiger partial charge on any atom is 0.255 e. The molecule has 1 aromatic heterocycles. The molecular formula is C16H15N3O2. The van der Waals surface area contributed by atoms with Crippen LogP contribution in [-0.4, -0.2) is 16.8 Å². The van der Waals surface area contributed by atoms with Crippen molar-refractivity contribution in [3.8, 4) is 0 Å². The third-order valence-corrected chi connectivity index (χ3v) is 3.52. The average Bonchev–Trinajstić information content (AvgIpc) is 2.49. The van der Waals surface area contributed by atoms with Gasteiger partial charge in [-0.15, -0.1) is 0 Å². The summed E-state index contributed by atoms with van der Waals surface area (Å²) in [6.07, 6.45) is 2.81. The number of nitrogens with one attached hydrogen (secondary N) is 2. The normalized spacial score (nSPS) is 13.3. The summed E-state index contributed by atoms with van der Waals surface area (Å²) >= 11 is 0. The largest absolute Gasteiger partial charge is 0.326 e. The molecule has 0 saturated carbocycles. The summed E-state index contributed by atoms with van der Waals surface area (Å²) < 4.78 is 0. The van der Waals surface area contributed by atoms with Crippen LogP contribution in [0.4, 0.5) is 11.4 Å². The van der Waals surface area contributed by atoms with Crippen LogP contribution in [0, 0.1) is 6.92 Å². The second-order valence-corrected chi connectivity index (χ2v) is 5.01. The number of aryl methyl sites for hydroxylation is 2. The van der Waals surface area contributed by atoms with Crippen LogP contribution in [-0.2, 0) is 11.2 Å². The number of hydrogen-bond donors (Lipinski definition) is 2. The molecule has 1 aromatic carbocycles. The van der Waals surface area contributed by atoms with Gasteiger partial charge in [0.15, 0.2) is 0 Å². The molecule has 0 saturated heterocycles. The van der Waals surface area contributed by atoms with E-state index in [-0.39, 0.29) is 11.8 Å². The topological polar surface area (TPSA) is 71.1 Å². The minimum absolute atomic E-state index is 0.0192. The lowest BCUT2D eigenvalue weighted by Gasteiger charge is -2.17. The molecule has 2 aromatic rings. The van der Waals surface area contributed by atoms with Gasteiger partial charge in [0, 0.05) is 23.9 Å². The predicted molar refractivity (Wildman–Crippen MR) is 80.3 cm³/mol. The zero-order chi connectivity index (χ0) is 14.8. The van der Waals surface area contributed by atoms with Gasteiger partial charge in [-0.3, -0.25) is 14.6 Å². The Hall–Kier alpha value is -2.69. The number of nitrogens with zero attached hydrogens (tertiary/aromatic N) is 1. The molecule has 106 valence electrons. The van der Waals surface area contributed by atoms with E-state index < -0.39 is 0 Å². The Morgan fingerprint density at radius 3 is 2.95 bits per heavy atom. The highest BCUT2D eigenvalue weighted by atomic mass is 16.2. The van der Waals surface area contributed by atoms with Crippen molar-refractivity contribution in [2.45, 2.75) is 19.8 Å². The fourth-order valence-corrected chi connectivity index (χ4v) is 2.34. The second kappa shape index (κ2) is 5.36. The number of aromatic nitrogens is 1. The first-order valence-corrected chi connectivity index (χ1v) is 6.79. The summed E-state index contributed by atoms with van der Waals surface area (Å²) in [7, 11) is 0. The van der Waals surface area contributed by atoms with Gasteiger partial charge in [-0.25, -0.2) is 0 Å². The molecule has 0 fully saturated rings. The summed E-state index contributed by atoms with van der Waals surface area (Å²) in [5.74, 6) is -0.156. The Labute approximate surface area is 122 Å². The second-order valence-electron chi connectivity index (χ2n) is 5.01. The van der Waals surface area contributed by atoms with E-state index in [9.17, 15) is 9.59 Å². The lowest BCUT2D eigenvalue weighted by molar-refractivity contribution is -0.116. The van der Waals surface area contributed by atoms with E-state index in [1.807, 2.05) is 19.1 Å². The molecule has 5 nitrogen and oxygen atoms in total. The highest BCUT2D eigenvalue weighted by Gasteiger charge is 2.17. The van der Waals surface area contributed by atoms with Gasteiger partial charge in [-0.1, -0.05) is 0 Å². The number of pyridine rings is 1. The molecule has 0 bridgehead atoms. The number of carbonyl (C=O) groups is 2. The van der Waals surface area contributed by atoms with Crippen molar-refractivity contribution < 1.29 is 9.59 Å². The van der Waals surface area contributed by atoms with Gasteiger partial charge < -0.3 is 10.6 Å². The van der Waals surface area contributed by atoms with E-state index in [1.54, 1.807) is 24.4 Å². The Morgan fingerprint density at radius 1 is 1.29 bits per heavy atom. The molecule has 2 amide bonds. The van der Waals surface area contributed by atoms with E-state index in [2.05, 4.69) is 15.6 Å². The van der Waals surface area contributed by atoms with Crippen LogP contribution in [0.1, 0.15) is 28.0 Å². The maximum atomic E-state index is 12.3. The van der Waals surface area contributed by atoms with Crippen molar-refractivity contribution in [2.24, 2.45) is 0 Å². The molecular weight excluding hydrogens is 266 g/mol. The first-order chi connectivity index (χ1) is 10.1. The lowest BCUT2D eigenvalue weighted by atomic mass is 10.00. The quantitative estimate of drug-likeness (QED) is 0.888. The van der Waals surface area contributed by atoms with Crippen LogP contribution in [0.5, 0.6) is 0 Å². The number of anilines is 2. The predicted octanol–water partition coefficient (Wildman–Crippen LogP) is 2.53. The third kappa shape index (κ3) is 2.76. The van der Waals surface area contributed by atoms with Crippen molar-refractivity contribution in [3.63, 3.8) is 0 Å². The van der Waals surface area contributed by atoms with Gasteiger partial charge in [-0.2, -0.15) is 0 Å². The van der Waals surface area contributed by atoms with Crippen molar-refractivity contribution in [2.75, 3.05) is 10.6 Å². The Bertz CT molecular complexity index is 725. The molecule has 0 radical (unpaired) electrons. The van der Waals surface area contributed by atoms with Crippen molar-refractivity contribution in [1.29, 1.82) is 0 Å². The molecule has 0 atom stereocenters. The third-order valence-electron chi connectivity index (χ3n) is 3.52. The number of rotatable bonds is 2. The van der Waals surface area contributed by atoms with E-state index in [0.717, 1.165) is 16.9 Å². The summed E-state index contributed by atoms with van der Waals surface area (Å²) in [6.45, 7) is 1.85. The van der Waals surface area contributed by atoms with Gasteiger partial charge >= 0.3 is 0 Å². The monoisotopic (exact) mass is 281 g/mol. The SMILES string of the molecule is Cc1ncccc1NC(=O)c1ccc2c(c1)CCC(=O)N2. The molecule has 2 heterocycles. The molecule has 0 unspecified atom stereocenters. The van der Waals surface area contributed by atoms with Gasteiger partial charge in [0.25, 0.3) is 5.91 Å².